The summed E-state index contributed by atoms with van der Waals surface area (Å²) in [5.41, 5.74) is 19.4. The molecule has 0 saturated heterocycles. The van der Waals surface area contributed by atoms with Crippen LogP contribution in [0.15, 0.2) is 218 Å². The Kier molecular flexibility index (Phi) is 8.20. The van der Waals surface area contributed by atoms with Gasteiger partial charge in [0.2, 0.25) is 0 Å². The average Bonchev–Trinajstić information content (AvgIpc) is 3.76. The quantitative estimate of drug-likeness (QED) is 0.157. The highest BCUT2D eigenvalue weighted by molar-refractivity contribution is 6.09. The molecule has 59 heavy (non-hydrogen) atoms. The van der Waals surface area contributed by atoms with Crippen molar-refractivity contribution in [1.82, 2.24) is 4.57 Å². The van der Waals surface area contributed by atoms with Gasteiger partial charge in [0.1, 0.15) is 0 Å². The highest BCUT2D eigenvalue weighted by Gasteiger charge is 2.37. The summed E-state index contributed by atoms with van der Waals surface area (Å²) in [5.74, 6) is 0. The first-order valence-corrected chi connectivity index (χ1v) is 20.5. The molecule has 0 aliphatic heterocycles. The first-order chi connectivity index (χ1) is 29.0. The molecule has 11 rings (SSSR count). The Morgan fingerprint density at radius 3 is 1.39 bits per heavy atom. The highest BCUT2D eigenvalue weighted by Crippen LogP contribution is 2.54. The molecule has 1 heterocycles. The molecule has 2 nitrogen and oxygen atoms in total. The Labute approximate surface area is 345 Å². The zero-order valence-corrected chi connectivity index (χ0v) is 33.2. The normalized spacial score (nSPS) is 12.7. The molecular formula is C57H42N2. The third-order valence-electron chi connectivity index (χ3n) is 12.4. The molecule has 2 heteroatoms. The molecule has 1 aliphatic rings. The lowest BCUT2D eigenvalue weighted by atomic mass is 9.81. The minimum absolute atomic E-state index is 0.195. The monoisotopic (exact) mass is 754 g/mol. The largest absolute Gasteiger partial charge is 0.310 e. The fourth-order valence-corrected chi connectivity index (χ4v) is 9.46. The predicted molar refractivity (Wildman–Crippen MR) is 249 cm³/mol. The van der Waals surface area contributed by atoms with Crippen molar-refractivity contribution in [2.75, 3.05) is 4.90 Å². The molecule has 9 aromatic carbocycles. The van der Waals surface area contributed by atoms with E-state index in [9.17, 15) is 0 Å². The van der Waals surface area contributed by atoms with E-state index in [0.717, 1.165) is 22.7 Å². The third-order valence-corrected chi connectivity index (χ3v) is 12.4. The van der Waals surface area contributed by atoms with Gasteiger partial charge in [0.05, 0.1) is 11.0 Å². The van der Waals surface area contributed by atoms with Gasteiger partial charge >= 0.3 is 0 Å². The number of rotatable bonds is 7. The summed E-state index contributed by atoms with van der Waals surface area (Å²) in [6, 6.07) is 79.7. The topological polar surface area (TPSA) is 8.17 Å². The zero-order chi connectivity index (χ0) is 39.5. The first kappa shape index (κ1) is 34.8. The maximum absolute atomic E-state index is 2.43. The molecule has 0 saturated carbocycles. The molecule has 0 radical (unpaired) electrons. The second-order valence-electron chi connectivity index (χ2n) is 16.2. The standard InChI is InChI=1S/C57H42N2/c1-57(2)52-21-13-20-48(43-28-34-46(35-29-43)59-54-22-11-9-18-49(54)50-19-10-12-23-55(50)59)56(52)51-37-36-47(38-53(51)57)58(44-30-24-41(25-31-44)39-14-5-3-6-15-39)45-32-26-42(27-33-45)40-16-7-4-8-17-40/h3-38H,1-2H3. The van der Waals surface area contributed by atoms with Crippen molar-refractivity contribution < 1.29 is 0 Å². The van der Waals surface area contributed by atoms with Crippen LogP contribution in [0.2, 0.25) is 0 Å². The summed E-state index contributed by atoms with van der Waals surface area (Å²) in [7, 11) is 0. The minimum atomic E-state index is -0.195. The van der Waals surface area contributed by atoms with Crippen molar-refractivity contribution >= 4 is 38.9 Å². The van der Waals surface area contributed by atoms with Crippen molar-refractivity contribution in [3.8, 4) is 50.2 Å². The molecule has 1 aromatic heterocycles. The van der Waals surface area contributed by atoms with Gasteiger partial charge in [-0.2, -0.15) is 0 Å². The van der Waals surface area contributed by atoms with Crippen LogP contribution in [-0.4, -0.2) is 4.57 Å². The maximum atomic E-state index is 2.43. The lowest BCUT2D eigenvalue weighted by molar-refractivity contribution is 0.660. The van der Waals surface area contributed by atoms with E-state index in [1.165, 1.54) is 77.4 Å². The van der Waals surface area contributed by atoms with Gasteiger partial charge < -0.3 is 9.47 Å². The number of hydrogen-bond donors (Lipinski definition) is 0. The van der Waals surface area contributed by atoms with Crippen LogP contribution >= 0.6 is 0 Å². The second-order valence-corrected chi connectivity index (χ2v) is 16.2. The van der Waals surface area contributed by atoms with Gasteiger partial charge in [-0.25, -0.2) is 0 Å². The maximum Gasteiger partial charge on any atom is 0.0541 e. The molecule has 280 valence electrons. The van der Waals surface area contributed by atoms with Crippen LogP contribution in [0.25, 0.3) is 72.0 Å². The highest BCUT2D eigenvalue weighted by atomic mass is 15.1. The molecule has 1 aliphatic carbocycles. The van der Waals surface area contributed by atoms with Crippen LogP contribution in [0.1, 0.15) is 25.0 Å². The summed E-state index contributed by atoms with van der Waals surface area (Å²) < 4.78 is 2.39. The van der Waals surface area contributed by atoms with Crippen LogP contribution in [0.4, 0.5) is 17.1 Å². The van der Waals surface area contributed by atoms with Crippen LogP contribution in [0, 0.1) is 0 Å². The summed E-state index contributed by atoms with van der Waals surface area (Å²) in [6.45, 7) is 4.76. The molecule has 10 aromatic rings. The van der Waals surface area contributed by atoms with E-state index in [1.807, 2.05) is 0 Å². The minimum Gasteiger partial charge on any atom is -0.310 e. The van der Waals surface area contributed by atoms with Gasteiger partial charge in [0, 0.05) is 38.9 Å². The molecule has 0 atom stereocenters. The molecule has 0 amide bonds. The molecule has 0 unspecified atom stereocenters. The average molecular weight is 755 g/mol. The lowest BCUT2D eigenvalue weighted by Crippen LogP contribution is -2.16. The van der Waals surface area contributed by atoms with Crippen molar-refractivity contribution in [2.24, 2.45) is 0 Å². The molecular weight excluding hydrogens is 713 g/mol. The Morgan fingerprint density at radius 2 is 0.831 bits per heavy atom. The number of anilines is 3. The molecule has 0 fully saturated rings. The van der Waals surface area contributed by atoms with E-state index in [-0.39, 0.29) is 5.41 Å². The van der Waals surface area contributed by atoms with Crippen molar-refractivity contribution in [3.05, 3.63) is 230 Å². The van der Waals surface area contributed by atoms with E-state index in [1.54, 1.807) is 0 Å². The predicted octanol–water partition coefficient (Wildman–Crippen LogP) is 15.6. The fraction of sp³-hybridized carbons (Fsp3) is 0.0526. The number of hydrogen-bond acceptors (Lipinski definition) is 1. The van der Waals surface area contributed by atoms with Crippen LogP contribution < -0.4 is 4.90 Å². The number of para-hydroxylation sites is 2. The number of aromatic nitrogens is 1. The van der Waals surface area contributed by atoms with Crippen molar-refractivity contribution in [1.29, 1.82) is 0 Å². The Bertz CT molecular complexity index is 3000. The number of nitrogens with zero attached hydrogens (tertiary/aromatic N) is 2. The lowest BCUT2D eigenvalue weighted by Gasteiger charge is -2.28. The summed E-state index contributed by atoms with van der Waals surface area (Å²) >= 11 is 0. The fourth-order valence-electron chi connectivity index (χ4n) is 9.46. The summed E-state index contributed by atoms with van der Waals surface area (Å²) in [4.78, 5) is 2.40. The van der Waals surface area contributed by atoms with Gasteiger partial charge in [-0.1, -0.05) is 172 Å². The first-order valence-electron chi connectivity index (χ1n) is 20.5. The van der Waals surface area contributed by atoms with Crippen LogP contribution in [0.5, 0.6) is 0 Å². The van der Waals surface area contributed by atoms with E-state index in [4.69, 9.17) is 0 Å². The Morgan fingerprint density at radius 1 is 0.356 bits per heavy atom. The van der Waals surface area contributed by atoms with Gasteiger partial charge in [-0.3, -0.25) is 0 Å². The molecule has 0 N–H and O–H groups in total. The molecule has 0 spiro atoms. The van der Waals surface area contributed by atoms with Gasteiger partial charge in [-0.05, 0) is 116 Å². The van der Waals surface area contributed by atoms with E-state index in [0.29, 0.717) is 0 Å². The summed E-state index contributed by atoms with van der Waals surface area (Å²) in [6.07, 6.45) is 0. The van der Waals surface area contributed by atoms with Gasteiger partial charge in [-0.15, -0.1) is 0 Å². The second kappa shape index (κ2) is 13.9. The molecule has 0 bridgehead atoms. The van der Waals surface area contributed by atoms with Crippen LogP contribution in [0.3, 0.4) is 0 Å². The SMILES string of the molecule is CC1(C)c2cc(N(c3ccc(-c4ccccc4)cc3)c3ccc(-c4ccccc4)cc3)ccc2-c2c(-c3ccc(-n4c5ccccc5c5ccccc54)cc3)cccc21. The zero-order valence-electron chi connectivity index (χ0n) is 33.2. The van der Waals surface area contributed by atoms with Gasteiger partial charge in [0.15, 0.2) is 0 Å². The van der Waals surface area contributed by atoms with E-state index in [2.05, 4.69) is 242 Å². The van der Waals surface area contributed by atoms with Crippen molar-refractivity contribution in [2.45, 2.75) is 19.3 Å². The number of benzene rings is 9. The Balaban J connectivity index is 0.999. The Hall–Kier alpha value is -7.42. The smallest absolute Gasteiger partial charge is 0.0541 e. The number of fused-ring (bicyclic) bond motifs is 6. The van der Waals surface area contributed by atoms with E-state index >= 15 is 0 Å². The van der Waals surface area contributed by atoms with Crippen LogP contribution in [-0.2, 0) is 5.41 Å². The summed E-state index contributed by atoms with van der Waals surface area (Å²) in [5, 5.41) is 2.55. The third kappa shape index (κ3) is 5.79. The van der Waals surface area contributed by atoms with Crippen molar-refractivity contribution in [3.63, 3.8) is 0 Å². The van der Waals surface area contributed by atoms with Gasteiger partial charge in [0.25, 0.3) is 0 Å². The van der Waals surface area contributed by atoms with E-state index < -0.39 is 0 Å².